The highest BCUT2D eigenvalue weighted by Gasteiger charge is 2.02. The van der Waals surface area contributed by atoms with Gasteiger partial charge in [-0.1, -0.05) is 54.6 Å². The summed E-state index contributed by atoms with van der Waals surface area (Å²) in [5.41, 5.74) is 1.70. The molecule has 0 radical (unpaired) electrons. The first kappa shape index (κ1) is 11.6. The fourth-order valence-electron chi connectivity index (χ4n) is 1.54. The molecule has 0 aliphatic heterocycles. The van der Waals surface area contributed by atoms with Gasteiger partial charge in [0.1, 0.15) is 5.82 Å². The molecule has 2 aromatic rings. The first-order chi connectivity index (χ1) is 8.25. The van der Waals surface area contributed by atoms with Crippen LogP contribution in [0.4, 0.5) is 4.39 Å². The molecule has 2 heteroatoms. The molecule has 2 aromatic carbocycles. The Morgan fingerprint density at radius 1 is 0.941 bits per heavy atom. The first-order valence-electron chi connectivity index (χ1n) is 5.42. The third-order valence-corrected chi connectivity index (χ3v) is 2.48. The average Bonchev–Trinajstić information content (AvgIpc) is 2.38. The zero-order valence-electron chi connectivity index (χ0n) is 9.25. The molecule has 0 amide bonds. The van der Waals surface area contributed by atoms with E-state index < -0.39 is 6.10 Å². The van der Waals surface area contributed by atoms with Crippen LogP contribution in [0.15, 0.2) is 60.7 Å². The number of aliphatic hydroxyl groups excluding tert-OH is 1. The van der Waals surface area contributed by atoms with Crippen LogP contribution in [0, 0.1) is 5.82 Å². The van der Waals surface area contributed by atoms with Gasteiger partial charge in [-0.3, -0.25) is 0 Å². The minimum Gasteiger partial charge on any atom is -0.384 e. The minimum atomic E-state index is -0.712. The van der Waals surface area contributed by atoms with Crippen LogP contribution < -0.4 is 0 Å². The lowest BCUT2D eigenvalue weighted by molar-refractivity contribution is 0.229. The standard InChI is InChI=1S/C15H13FO/c16-14-9-7-13(8-10-14)15(17)11-6-12-4-2-1-3-5-12/h1-11,15,17H/b11-6+. The minimum absolute atomic E-state index is 0.298. The Kier molecular flexibility index (Phi) is 3.68. The molecule has 0 saturated heterocycles. The Morgan fingerprint density at radius 3 is 2.24 bits per heavy atom. The monoisotopic (exact) mass is 228 g/mol. The normalized spacial score (nSPS) is 12.8. The van der Waals surface area contributed by atoms with Crippen molar-refractivity contribution in [1.82, 2.24) is 0 Å². The Balaban J connectivity index is 2.09. The van der Waals surface area contributed by atoms with Crippen molar-refractivity contribution in [2.24, 2.45) is 0 Å². The van der Waals surface area contributed by atoms with Crippen LogP contribution in [0.25, 0.3) is 6.08 Å². The summed E-state index contributed by atoms with van der Waals surface area (Å²) >= 11 is 0. The highest BCUT2D eigenvalue weighted by Crippen LogP contribution is 2.16. The molecule has 0 aliphatic carbocycles. The molecule has 86 valence electrons. The molecule has 17 heavy (non-hydrogen) atoms. The summed E-state index contributed by atoms with van der Waals surface area (Å²) in [6.07, 6.45) is 2.81. The highest BCUT2D eigenvalue weighted by molar-refractivity contribution is 5.50. The van der Waals surface area contributed by atoms with E-state index >= 15 is 0 Å². The number of rotatable bonds is 3. The predicted octanol–water partition coefficient (Wildman–Crippen LogP) is 3.57. The summed E-state index contributed by atoms with van der Waals surface area (Å²) in [5.74, 6) is -0.298. The van der Waals surface area contributed by atoms with Gasteiger partial charge in [-0.05, 0) is 23.3 Å². The van der Waals surface area contributed by atoms with Gasteiger partial charge in [-0.25, -0.2) is 4.39 Å². The van der Waals surface area contributed by atoms with E-state index in [4.69, 9.17) is 0 Å². The number of halogens is 1. The lowest BCUT2D eigenvalue weighted by atomic mass is 10.1. The van der Waals surface area contributed by atoms with Gasteiger partial charge in [-0.15, -0.1) is 0 Å². The van der Waals surface area contributed by atoms with Crippen LogP contribution in [-0.4, -0.2) is 5.11 Å². The van der Waals surface area contributed by atoms with Crippen molar-refractivity contribution in [2.45, 2.75) is 6.10 Å². The van der Waals surface area contributed by atoms with Crippen molar-refractivity contribution in [1.29, 1.82) is 0 Å². The van der Waals surface area contributed by atoms with Crippen molar-refractivity contribution >= 4 is 6.08 Å². The summed E-state index contributed by atoms with van der Waals surface area (Å²) in [6, 6.07) is 15.6. The molecule has 0 fully saturated rings. The molecule has 1 unspecified atom stereocenters. The second-order valence-corrected chi connectivity index (χ2v) is 3.77. The zero-order chi connectivity index (χ0) is 12.1. The Hall–Kier alpha value is -1.93. The van der Waals surface area contributed by atoms with Gasteiger partial charge in [0.2, 0.25) is 0 Å². The summed E-state index contributed by atoms with van der Waals surface area (Å²) in [6.45, 7) is 0. The largest absolute Gasteiger partial charge is 0.384 e. The maximum Gasteiger partial charge on any atom is 0.123 e. The fraction of sp³-hybridized carbons (Fsp3) is 0.0667. The topological polar surface area (TPSA) is 20.2 Å². The number of hydrogen-bond donors (Lipinski definition) is 1. The van der Waals surface area contributed by atoms with Crippen LogP contribution in [0.5, 0.6) is 0 Å². The maximum atomic E-state index is 12.7. The van der Waals surface area contributed by atoms with Crippen LogP contribution in [-0.2, 0) is 0 Å². The van der Waals surface area contributed by atoms with Crippen LogP contribution in [0.1, 0.15) is 17.2 Å². The van der Waals surface area contributed by atoms with E-state index in [1.165, 1.54) is 12.1 Å². The maximum absolute atomic E-state index is 12.7. The zero-order valence-corrected chi connectivity index (χ0v) is 9.25. The average molecular weight is 228 g/mol. The molecule has 1 N–H and O–H groups in total. The quantitative estimate of drug-likeness (QED) is 0.851. The second-order valence-electron chi connectivity index (χ2n) is 3.77. The number of benzene rings is 2. The van der Waals surface area contributed by atoms with E-state index in [9.17, 15) is 9.50 Å². The molecule has 2 rings (SSSR count). The Bertz CT molecular complexity index is 488. The summed E-state index contributed by atoms with van der Waals surface area (Å²) in [5, 5.41) is 9.86. The molecular weight excluding hydrogens is 215 g/mol. The van der Waals surface area contributed by atoms with Crippen LogP contribution >= 0.6 is 0 Å². The molecular formula is C15H13FO. The lowest BCUT2D eigenvalue weighted by Crippen LogP contribution is -1.92. The predicted molar refractivity (Wildman–Crippen MR) is 66.8 cm³/mol. The molecule has 0 aromatic heterocycles. The molecule has 0 heterocycles. The Labute approximate surface area is 99.9 Å². The van der Waals surface area contributed by atoms with Crippen molar-refractivity contribution in [3.05, 3.63) is 77.6 Å². The summed E-state index contributed by atoms with van der Waals surface area (Å²) < 4.78 is 12.7. The second kappa shape index (κ2) is 5.41. The number of aliphatic hydroxyl groups is 1. The van der Waals surface area contributed by atoms with E-state index in [-0.39, 0.29) is 5.82 Å². The van der Waals surface area contributed by atoms with Gasteiger partial charge in [0.05, 0.1) is 6.10 Å². The van der Waals surface area contributed by atoms with Crippen molar-refractivity contribution in [2.75, 3.05) is 0 Å². The lowest BCUT2D eigenvalue weighted by Gasteiger charge is -2.05. The van der Waals surface area contributed by atoms with Crippen molar-refractivity contribution in [3.8, 4) is 0 Å². The number of hydrogen-bond acceptors (Lipinski definition) is 1. The van der Waals surface area contributed by atoms with Crippen molar-refractivity contribution in [3.63, 3.8) is 0 Å². The van der Waals surface area contributed by atoms with E-state index in [2.05, 4.69) is 0 Å². The fourth-order valence-corrected chi connectivity index (χ4v) is 1.54. The Morgan fingerprint density at radius 2 is 1.59 bits per heavy atom. The highest BCUT2D eigenvalue weighted by atomic mass is 19.1. The van der Waals surface area contributed by atoms with Gasteiger partial charge in [0, 0.05) is 0 Å². The molecule has 0 bridgehead atoms. The summed E-state index contributed by atoms with van der Waals surface area (Å²) in [7, 11) is 0. The van der Waals surface area contributed by atoms with E-state index in [0.717, 1.165) is 5.56 Å². The smallest absolute Gasteiger partial charge is 0.123 e. The van der Waals surface area contributed by atoms with Crippen LogP contribution in [0.2, 0.25) is 0 Å². The molecule has 0 spiro atoms. The van der Waals surface area contributed by atoms with Gasteiger partial charge in [0.15, 0.2) is 0 Å². The molecule has 0 aliphatic rings. The third-order valence-electron chi connectivity index (χ3n) is 2.48. The van der Waals surface area contributed by atoms with E-state index in [1.54, 1.807) is 18.2 Å². The van der Waals surface area contributed by atoms with Gasteiger partial charge >= 0.3 is 0 Å². The molecule has 1 atom stereocenters. The van der Waals surface area contributed by atoms with E-state index in [0.29, 0.717) is 5.56 Å². The van der Waals surface area contributed by atoms with Gasteiger partial charge in [0.25, 0.3) is 0 Å². The first-order valence-corrected chi connectivity index (χ1v) is 5.42. The van der Waals surface area contributed by atoms with Gasteiger partial charge in [-0.2, -0.15) is 0 Å². The van der Waals surface area contributed by atoms with Crippen LogP contribution in [0.3, 0.4) is 0 Å². The SMILES string of the molecule is OC(/C=C/c1ccccc1)c1ccc(F)cc1. The van der Waals surface area contributed by atoms with E-state index in [1.807, 2.05) is 36.4 Å². The van der Waals surface area contributed by atoms with Gasteiger partial charge < -0.3 is 5.11 Å². The molecule has 1 nitrogen and oxygen atoms in total. The third kappa shape index (κ3) is 3.26. The summed E-state index contributed by atoms with van der Waals surface area (Å²) in [4.78, 5) is 0. The molecule has 0 saturated carbocycles. The van der Waals surface area contributed by atoms with Crippen molar-refractivity contribution < 1.29 is 9.50 Å².